The Morgan fingerprint density at radius 3 is 2.67 bits per heavy atom. The molecule has 0 bridgehead atoms. The predicted molar refractivity (Wildman–Crippen MR) is 61.3 cm³/mol. The van der Waals surface area contributed by atoms with Crippen LogP contribution < -0.4 is 4.74 Å². The Kier molecular flexibility index (Phi) is 2.01. The lowest BCUT2D eigenvalue weighted by molar-refractivity contribution is 0.0528. The molecule has 2 aliphatic rings. The van der Waals surface area contributed by atoms with Crippen LogP contribution in [0.15, 0.2) is 18.2 Å². The minimum atomic E-state index is 0.173. The maximum atomic E-state index is 6.22. The van der Waals surface area contributed by atoms with E-state index in [9.17, 15) is 0 Å². The van der Waals surface area contributed by atoms with Crippen molar-refractivity contribution < 1.29 is 4.74 Å². The molecule has 80 valence electrons. The second kappa shape index (κ2) is 3.26. The molecular formula is C14H18O. The lowest BCUT2D eigenvalue weighted by atomic mass is 9.81. The molecule has 1 aliphatic carbocycles. The Bertz CT molecular complexity index is 375. The molecule has 1 nitrogen and oxygen atoms in total. The number of benzene rings is 1. The smallest absolute Gasteiger partial charge is 0.123 e. The third kappa shape index (κ3) is 1.45. The summed E-state index contributed by atoms with van der Waals surface area (Å²) in [6.07, 6.45) is 7.72. The fourth-order valence-electron chi connectivity index (χ4n) is 3.06. The SMILES string of the molecule is Cc1cccc2c1CC1(CCCCC1)O2. The molecule has 3 rings (SSSR count). The van der Waals surface area contributed by atoms with Crippen molar-refractivity contribution in [3.05, 3.63) is 29.3 Å². The van der Waals surface area contributed by atoms with Gasteiger partial charge >= 0.3 is 0 Å². The van der Waals surface area contributed by atoms with Gasteiger partial charge in [0.15, 0.2) is 0 Å². The highest BCUT2D eigenvalue weighted by Gasteiger charge is 2.40. The summed E-state index contributed by atoms with van der Waals surface area (Å²) in [6.45, 7) is 2.20. The van der Waals surface area contributed by atoms with Crippen LogP contribution in [0.5, 0.6) is 5.75 Å². The molecule has 1 spiro atoms. The first-order valence-electron chi connectivity index (χ1n) is 6.07. The lowest BCUT2D eigenvalue weighted by Crippen LogP contribution is -2.36. The van der Waals surface area contributed by atoms with Gasteiger partial charge in [0.2, 0.25) is 0 Å². The Morgan fingerprint density at radius 2 is 1.93 bits per heavy atom. The molecule has 1 heteroatoms. The van der Waals surface area contributed by atoms with Gasteiger partial charge < -0.3 is 4.74 Å². The number of aryl methyl sites for hydroxylation is 1. The van der Waals surface area contributed by atoms with Gasteiger partial charge in [0.1, 0.15) is 11.4 Å². The van der Waals surface area contributed by atoms with E-state index in [4.69, 9.17) is 4.74 Å². The highest BCUT2D eigenvalue weighted by molar-refractivity contribution is 5.44. The van der Waals surface area contributed by atoms with Gasteiger partial charge in [-0.05, 0) is 44.2 Å². The minimum absolute atomic E-state index is 0.173. The zero-order valence-electron chi connectivity index (χ0n) is 9.38. The molecule has 15 heavy (non-hydrogen) atoms. The van der Waals surface area contributed by atoms with Gasteiger partial charge in [0, 0.05) is 12.0 Å². The van der Waals surface area contributed by atoms with Crippen molar-refractivity contribution in [2.45, 2.75) is 51.0 Å². The first-order chi connectivity index (χ1) is 7.29. The third-order valence-corrected chi connectivity index (χ3v) is 3.96. The Hall–Kier alpha value is -0.980. The fraction of sp³-hybridized carbons (Fsp3) is 0.571. The van der Waals surface area contributed by atoms with Gasteiger partial charge in [-0.15, -0.1) is 0 Å². The topological polar surface area (TPSA) is 9.23 Å². The van der Waals surface area contributed by atoms with Crippen LogP contribution in [0.25, 0.3) is 0 Å². The van der Waals surface area contributed by atoms with Crippen LogP contribution in [0.3, 0.4) is 0 Å². The van der Waals surface area contributed by atoms with E-state index < -0.39 is 0 Å². The summed E-state index contributed by atoms with van der Waals surface area (Å²) in [5.41, 5.74) is 3.03. The van der Waals surface area contributed by atoms with E-state index in [-0.39, 0.29) is 5.60 Å². The molecule has 1 fully saturated rings. The van der Waals surface area contributed by atoms with Crippen molar-refractivity contribution in [2.75, 3.05) is 0 Å². The second-order valence-corrected chi connectivity index (χ2v) is 5.07. The van der Waals surface area contributed by atoms with E-state index in [1.165, 1.54) is 43.2 Å². The van der Waals surface area contributed by atoms with Crippen LogP contribution in [-0.4, -0.2) is 5.60 Å². The molecule has 0 amide bonds. The van der Waals surface area contributed by atoms with E-state index in [1.54, 1.807) is 0 Å². The summed E-state index contributed by atoms with van der Waals surface area (Å²) in [5, 5.41) is 0. The molecule has 1 heterocycles. The number of fused-ring (bicyclic) bond motifs is 1. The highest BCUT2D eigenvalue weighted by atomic mass is 16.5. The van der Waals surface area contributed by atoms with Crippen molar-refractivity contribution in [3.8, 4) is 5.75 Å². The lowest BCUT2D eigenvalue weighted by Gasteiger charge is -2.32. The Morgan fingerprint density at radius 1 is 1.13 bits per heavy atom. The van der Waals surface area contributed by atoms with Crippen LogP contribution in [0.1, 0.15) is 43.2 Å². The Balaban J connectivity index is 1.94. The number of hydrogen-bond donors (Lipinski definition) is 0. The molecule has 0 atom stereocenters. The first-order valence-corrected chi connectivity index (χ1v) is 6.07. The van der Waals surface area contributed by atoms with Crippen molar-refractivity contribution >= 4 is 0 Å². The zero-order chi connectivity index (χ0) is 10.3. The zero-order valence-corrected chi connectivity index (χ0v) is 9.38. The van der Waals surface area contributed by atoms with E-state index in [0.29, 0.717) is 0 Å². The average molecular weight is 202 g/mol. The van der Waals surface area contributed by atoms with Gasteiger partial charge in [0.25, 0.3) is 0 Å². The summed E-state index contributed by atoms with van der Waals surface area (Å²) in [4.78, 5) is 0. The molecule has 1 saturated carbocycles. The molecular weight excluding hydrogens is 184 g/mol. The average Bonchev–Trinajstić information content (AvgIpc) is 2.59. The summed E-state index contributed by atoms with van der Waals surface area (Å²) < 4.78 is 6.22. The first kappa shape index (κ1) is 9.26. The van der Waals surface area contributed by atoms with Crippen molar-refractivity contribution in [1.29, 1.82) is 0 Å². The molecule has 1 aliphatic heterocycles. The van der Waals surface area contributed by atoms with Gasteiger partial charge in [0.05, 0.1) is 0 Å². The van der Waals surface area contributed by atoms with Crippen molar-refractivity contribution in [2.24, 2.45) is 0 Å². The second-order valence-electron chi connectivity index (χ2n) is 5.07. The maximum Gasteiger partial charge on any atom is 0.123 e. The van der Waals surface area contributed by atoms with Crippen molar-refractivity contribution in [3.63, 3.8) is 0 Å². The van der Waals surface area contributed by atoms with Crippen LogP contribution in [0, 0.1) is 6.92 Å². The summed E-state index contributed by atoms with van der Waals surface area (Å²) >= 11 is 0. The molecule has 0 N–H and O–H groups in total. The quantitative estimate of drug-likeness (QED) is 0.624. The van der Waals surface area contributed by atoms with Crippen LogP contribution in [0.4, 0.5) is 0 Å². The number of ether oxygens (including phenoxy) is 1. The number of rotatable bonds is 0. The Labute approximate surface area is 91.5 Å². The van der Waals surface area contributed by atoms with Crippen LogP contribution in [0.2, 0.25) is 0 Å². The van der Waals surface area contributed by atoms with E-state index in [1.807, 2.05) is 0 Å². The standard InChI is InChI=1S/C14H18O/c1-11-6-5-7-13-12(11)10-14(15-13)8-3-2-4-9-14/h5-7H,2-4,8-10H2,1H3. The normalized spacial score (nSPS) is 22.5. The summed E-state index contributed by atoms with van der Waals surface area (Å²) in [5.74, 6) is 1.15. The summed E-state index contributed by atoms with van der Waals surface area (Å²) in [6, 6.07) is 6.44. The summed E-state index contributed by atoms with van der Waals surface area (Å²) in [7, 11) is 0. The maximum absolute atomic E-state index is 6.22. The van der Waals surface area contributed by atoms with Crippen LogP contribution >= 0.6 is 0 Å². The van der Waals surface area contributed by atoms with E-state index in [2.05, 4.69) is 25.1 Å². The van der Waals surface area contributed by atoms with E-state index >= 15 is 0 Å². The molecule has 1 aromatic rings. The molecule has 0 radical (unpaired) electrons. The highest BCUT2D eigenvalue weighted by Crippen LogP contribution is 2.44. The fourth-order valence-corrected chi connectivity index (χ4v) is 3.06. The number of hydrogen-bond acceptors (Lipinski definition) is 1. The van der Waals surface area contributed by atoms with E-state index in [0.717, 1.165) is 12.2 Å². The van der Waals surface area contributed by atoms with Gasteiger partial charge in [-0.1, -0.05) is 18.6 Å². The molecule has 0 saturated heterocycles. The largest absolute Gasteiger partial charge is 0.487 e. The minimum Gasteiger partial charge on any atom is -0.487 e. The van der Waals surface area contributed by atoms with Crippen molar-refractivity contribution in [1.82, 2.24) is 0 Å². The van der Waals surface area contributed by atoms with Gasteiger partial charge in [-0.3, -0.25) is 0 Å². The molecule has 0 unspecified atom stereocenters. The predicted octanol–water partition coefficient (Wildman–Crippen LogP) is 3.63. The monoisotopic (exact) mass is 202 g/mol. The van der Waals surface area contributed by atoms with Gasteiger partial charge in [-0.2, -0.15) is 0 Å². The molecule has 0 aromatic heterocycles. The van der Waals surface area contributed by atoms with Gasteiger partial charge in [-0.25, -0.2) is 0 Å². The third-order valence-electron chi connectivity index (χ3n) is 3.96. The van der Waals surface area contributed by atoms with Crippen LogP contribution in [-0.2, 0) is 6.42 Å². The molecule has 1 aromatic carbocycles.